The number of nitrogens with one attached hydrogen (secondary N) is 1. The van der Waals surface area contributed by atoms with Gasteiger partial charge in [-0.15, -0.1) is 0 Å². The smallest absolute Gasteiger partial charge is 0.211 e. The summed E-state index contributed by atoms with van der Waals surface area (Å²) in [5.74, 6) is -0.0482. The van der Waals surface area contributed by atoms with Crippen molar-refractivity contribution in [1.29, 1.82) is 0 Å². The van der Waals surface area contributed by atoms with Crippen molar-refractivity contribution in [3.05, 3.63) is 48.9 Å². The molecule has 0 amide bonds. The van der Waals surface area contributed by atoms with Gasteiger partial charge in [0.05, 0.1) is 23.7 Å². The summed E-state index contributed by atoms with van der Waals surface area (Å²) in [5.41, 5.74) is 3.22. The Morgan fingerprint density at radius 3 is 2.72 bits per heavy atom. The molecule has 0 spiro atoms. The van der Waals surface area contributed by atoms with Crippen LogP contribution in [0, 0.1) is 0 Å². The lowest BCUT2D eigenvalue weighted by Gasteiger charge is -2.47. The molecule has 3 aromatic heterocycles. The molecule has 0 radical (unpaired) electrons. The molecular weight excluding hydrogens is 430 g/mol. The highest BCUT2D eigenvalue weighted by atomic mass is 32.2. The van der Waals surface area contributed by atoms with Crippen LogP contribution < -0.4 is 0 Å². The van der Waals surface area contributed by atoms with E-state index in [4.69, 9.17) is 5.10 Å². The van der Waals surface area contributed by atoms with E-state index >= 15 is 0 Å². The molecule has 5 rings (SSSR count). The first-order valence-electron chi connectivity index (χ1n) is 10.0. The van der Waals surface area contributed by atoms with Crippen molar-refractivity contribution >= 4 is 26.7 Å². The zero-order valence-corrected chi connectivity index (χ0v) is 18.4. The number of Topliss-reactive ketones (excluding diaryl/α,β-unsaturated/α-hetero) is 1. The van der Waals surface area contributed by atoms with Gasteiger partial charge in [0, 0.05) is 48.4 Å². The first-order chi connectivity index (χ1) is 15.2. The first kappa shape index (κ1) is 20.5. The molecule has 0 aliphatic carbocycles. The van der Waals surface area contributed by atoms with Gasteiger partial charge in [-0.1, -0.05) is 6.07 Å². The average Bonchev–Trinajstić information content (AvgIpc) is 3.41. The monoisotopic (exact) mass is 451 g/mol. The molecule has 1 aliphatic heterocycles. The zero-order chi connectivity index (χ0) is 22.5. The standard InChI is InChI=1S/C21H21N7O3S/c1-14(29)10-21(12-27(13-21)32(2,30)31)28-24-11-20(26-28)17-8-15(18-5-7-23-25-18)9-19-16(17)4-3-6-22-19/h3-9,11H,10,12-13H2,1-2H3,(H,23,25). The van der Waals surface area contributed by atoms with Crippen LogP contribution in [0.25, 0.3) is 33.4 Å². The van der Waals surface area contributed by atoms with Crippen molar-refractivity contribution in [1.82, 2.24) is 34.5 Å². The maximum atomic E-state index is 12.0. The Kier molecular flexibility index (Phi) is 4.68. The number of nitrogens with zero attached hydrogens (tertiary/aromatic N) is 6. The summed E-state index contributed by atoms with van der Waals surface area (Å²) in [7, 11) is -3.35. The maximum absolute atomic E-state index is 12.0. The van der Waals surface area contributed by atoms with E-state index in [0.717, 1.165) is 34.0 Å². The Morgan fingerprint density at radius 2 is 2.03 bits per heavy atom. The van der Waals surface area contributed by atoms with Gasteiger partial charge in [-0.25, -0.2) is 8.42 Å². The lowest BCUT2D eigenvalue weighted by atomic mass is 9.87. The van der Waals surface area contributed by atoms with Crippen molar-refractivity contribution in [2.24, 2.45) is 0 Å². The quantitative estimate of drug-likeness (QED) is 0.474. The van der Waals surface area contributed by atoms with Crippen LogP contribution in [0.4, 0.5) is 0 Å². The number of hydrogen-bond donors (Lipinski definition) is 1. The number of H-pyrrole nitrogens is 1. The number of benzene rings is 1. The molecule has 1 saturated heterocycles. The summed E-state index contributed by atoms with van der Waals surface area (Å²) in [6, 6.07) is 9.67. The summed E-state index contributed by atoms with van der Waals surface area (Å²) < 4.78 is 25.2. The van der Waals surface area contributed by atoms with Gasteiger partial charge in [0.1, 0.15) is 17.0 Å². The Labute approximate surface area is 184 Å². The van der Waals surface area contributed by atoms with E-state index < -0.39 is 15.6 Å². The summed E-state index contributed by atoms with van der Waals surface area (Å²) >= 11 is 0. The van der Waals surface area contributed by atoms with E-state index in [1.165, 1.54) is 16.0 Å². The van der Waals surface area contributed by atoms with E-state index in [-0.39, 0.29) is 25.3 Å². The molecule has 1 aliphatic rings. The second-order valence-electron chi connectivity index (χ2n) is 8.22. The van der Waals surface area contributed by atoms with Gasteiger partial charge in [0.15, 0.2) is 0 Å². The maximum Gasteiger partial charge on any atom is 0.211 e. The number of carbonyl (C=O) groups is 1. The van der Waals surface area contributed by atoms with Crippen LogP contribution in [0.2, 0.25) is 0 Å². The molecule has 164 valence electrons. The van der Waals surface area contributed by atoms with E-state index in [9.17, 15) is 13.2 Å². The molecule has 0 atom stereocenters. The van der Waals surface area contributed by atoms with Crippen molar-refractivity contribution < 1.29 is 13.2 Å². The fourth-order valence-corrected chi connectivity index (χ4v) is 5.15. The largest absolute Gasteiger partial charge is 0.300 e. The van der Waals surface area contributed by atoms with Crippen LogP contribution in [0.1, 0.15) is 13.3 Å². The highest BCUT2D eigenvalue weighted by molar-refractivity contribution is 7.88. The van der Waals surface area contributed by atoms with Crippen LogP contribution in [-0.4, -0.2) is 68.0 Å². The third kappa shape index (κ3) is 3.49. The molecule has 32 heavy (non-hydrogen) atoms. The van der Waals surface area contributed by atoms with Crippen LogP contribution in [-0.2, 0) is 20.4 Å². The Hall–Kier alpha value is -3.44. The van der Waals surface area contributed by atoms with Gasteiger partial charge < -0.3 is 0 Å². The molecule has 4 heterocycles. The number of ketones is 1. The van der Waals surface area contributed by atoms with Crippen LogP contribution >= 0.6 is 0 Å². The number of sulfonamides is 1. The third-order valence-electron chi connectivity index (χ3n) is 5.71. The highest BCUT2D eigenvalue weighted by Gasteiger charge is 2.50. The zero-order valence-electron chi connectivity index (χ0n) is 17.6. The number of hydrogen-bond acceptors (Lipinski definition) is 7. The molecule has 1 N–H and O–H groups in total. The second kappa shape index (κ2) is 7.31. The predicted octanol–water partition coefficient (Wildman–Crippen LogP) is 1.83. The second-order valence-corrected chi connectivity index (χ2v) is 10.2. The minimum atomic E-state index is -3.35. The Balaban J connectivity index is 1.59. The van der Waals surface area contributed by atoms with E-state index in [0.29, 0.717) is 5.69 Å². The summed E-state index contributed by atoms with van der Waals surface area (Å²) in [5, 5.41) is 17.0. The number of pyridine rings is 1. The van der Waals surface area contributed by atoms with Crippen molar-refractivity contribution in [3.8, 4) is 22.5 Å². The number of fused-ring (bicyclic) bond motifs is 1. The van der Waals surface area contributed by atoms with Crippen LogP contribution in [0.3, 0.4) is 0 Å². The molecule has 10 nitrogen and oxygen atoms in total. The minimum absolute atomic E-state index is 0.0482. The summed E-state index contributed by atoms with van der Waals surface area (Å²) in [6.07, 6.45) is 6.37. The molecule has 0 saturated carbocycles. The van der Waals surface area contributed by atoms with Gasteiger partial charge in [-0.05, 0) is 31.2 Å². The third-order valence-corrected chi connectivity index (χ3v) is 6.91. The first-order valence-corrected chi connectivity index (χ1v) is 11.9. The lowest BCUT2D eigenvalue weighted by molar-refractivity contribution is -0.121. The van der Waals surface area contributed by atoms with Crippen LogP contribution in [0.5, 0.6) is 0 Å². The number of rotatable bonds is 6. The topological polar surface area (TPSA) is 127 Å². The van der Waals surface area contributed by atoms with Gasteiger partial charge in [-0.2, -0.15) is 24.4 Å². The van der Waals surface area contributed by atoms with Gasteiger partial charge in [0.25, 0.3) is 0 Å². The number of aromatic nitrogens is 6. The van der Waals surface area contributed by atoms with E-state index in [1.54, 1.807) is 18.6 Å². The lowest BCUT2D eigenvalue weighted by Crippen LogP contribution is -2.65. The van der Waals surface area contributed by atoms with Crippen LogP contribution in [0.15, 0.2) is 48.9 Å². The molecule has 0 bridgehead atoms. The van der Waals surface area contributed by atoms with Crippen molar-refractivity contribution in [3.63, 3.8) is 0 Å². The Bertz CT molecular complexity index is 1420. The minimum Gasteiger partial charge on any atom is -0.300 e. The fraction of sp³-hybridized carbons (Fsp3) is 0.286. The molecule has 1 fully saturated rings. The van der Waals surface area contributed by atoms with E-state index in [2.05, 4.69) is 20.3 Å². The number of aromatic amines is 1. The Morgan fingerprint density at radius 1 is 1.22 bits per heavy atom. The molecule has 11 heteroatoms. The highest BCUT2D eigenvalue weighted by Crippen LogP contribution is 2.36. The summed E-state index contributed by atoms with van der Waals surface area (Å²) in [4.78, 5) is 17.9. The average molecular weight is 452 g/mol. The van der Waals surface area contributed by atoms with Gasteiger partial charge >= 0.3 is 0 Å². The summed E-state index contributed by atoms with van der Waals surface area (Å²) in [6.45, 7) is 1.81. The van der Waals surface area contributed by atoms with Gasteiger partial charge in [0.2, 0.25) is 10.0 Å². The van der Waals surface area contributed by atoms with Gasteiger partial charge in [-0.3, -0.25) is 14.9 Å². The molecule has 4 aromatic rings. The van der Waals surface area contributed by atoms with Crippen molar-refractivity contribution in [2.45, 2.75) is 18.9 Å². The normalized spacial score (nSPS) is 16.2. The van der Waals surface area contributed by atoms with E-state index in [1.807, 2.05) is 30.3 Å². The predicted molar refractivity (Wildman–Crippen MR) is 118 cm³/mol. The molecule has 0 unspecified atom stereocenters. The number of carbonyl (C=O) groups excluding carboxylic acids is 1. The fourth-order valence-electron chi connectivity index (χ4n) is 4.20. The SMILES string of the molecule is CC(=O)CC1(n2ncc(-c3cc(-c4ccn[nH]4)cc4ncccc34)n2)CN(S(C)(=O)=O)C1. The molecule has 1 aromatic carbocycles. The molecular formula is C21H21N7O3S. The van der Waals surface area contributed by atoms with Crippen molar-refractivity contribution in [2.75, 3.05) is 19.3 Å².